The molecule has 9 heteroatoms. The van der Waals surface area contributed by atoms with Crippen LogP contribution in [0.3, 0.4) is 0 Å². The fourth-order valence-corrected chi connectivity index (χ4v) is 3.47. The number of nitro groups is 1. The van der Waals surface area contributed by atoms with Crippen molar-refractivity contribution >= 4 is 47.8 Å². The Hall–Kier alpha value is -3.23. The van der Waals surface area contributed by atoms with Gasteiger partial charge in [0.05, 0.1) is 34.5 Å². The molecule has 2 aromatic carbocycles. The highest BCUT2D eigenvalue weighted by molar-refractivity contribution is 7.80. The monoisotopic (exact) mass is 441 g/mol. The molecule has 0 atom stereocenters. The molecule has 1 aromatic heterocycles. The molecular formula is C21H16ClN3O4S. The maximum Gasteiger partial charge on any atom is 0.340 e. The fraction of sp³-hybridized carbons (Fsp3) is 0.0952. The molecule has 7 nitrogen and oxygen atoms in total. The summed E-state index contributed by atoms with van der Waals surface area (Å²) in [6.45, 7) is 1.58. The zero-order valence-electron chi connectivity index (χ0n) is 16.0. The second kappa shape index (κ2) is 9.06. The summed E-state index contributed by atoms with van der Waals surface area (Å²) in [5.41, 5.74) is 1.43. The van der Waals surface area contributed by atoms with Crippen LogP contribution in [0.25, 0.3) is 11.1 Å². The number of nitro benzene ring substituents is 1. The topological polar surface area (TPSA) is 94.7 Å². The van der Waals surface area contributed by atoms with Gasteiger partial charge in [-0.25, -0.2) is 9.78 Å². The highest BCUT2D eigenvalue weighted by atomic mass is 35.5. The number of methoxy groups -OCH3 is 1. The minimum Gasteiger partial charge on any atom is -0.465 e. The minimum atomic E-state index is -0.686. The predicted molar refractivity (Wildman–Crippen MR) is 118 cm³/mol. The van der Waals surface area contributed by atoms with E-state index in [2.05, 4.69) is 22.6 Å². The van der Waals surface area contributed by atoms with Gasteiger partial charge < -0.3 is 4.74 Å². The van der Waals surface area contributed by atoms with E-state index in [4.69, 9.17) is 16.3 Å². The smallest absolute Gasteiger partial charge is 0.340 e. The lowest BCUT2D eigenvalue weighted by molar-refractivity contribution is -0.384. The van der Waals surface area contributed by atoms with Gasteiger partial charge in [0.25, 0.3) is 5.69 Å². The molecule has 1 heterocycles. The van der Waals surface area contributed by atoms with Crippen LogP contribution in [0.15, 0.2) is 58.4 Å². The molecule has 0 fully saturated rings. The van der Waals surface area contributed by atoms with Crippen molar-refractivity contribution in [3.8, 4) is 11.1 Å². The highest BCUT2D eigenvalue weighted by Crippen LogP contribution is 2.38. The van der Waals surface area contributed by atoms with E-state index in [1.54, 1.807) is 43.3 Å². The van der Waals surface area contributed by atoms with E-state index in [0.717, 1.165) is 0 Å². The number of ether oxygens (including phenoxy) is 1. The van der Waals surface area contributed by atoms with Crippen LogP contribution >= 0.6 is 24.2 Å². The van der Waals surface area contributed by atoms with Crippen LogP contribution < -0.4 is 0 Å². The molecule has 0 aliphatic heterocycles. The normalized spacial score (nSPS) is 10.9. The summed E-state index contributed by atoms with van der Waals surface area (Å²) in [6.07, 6.45) is 1.42. The number of thiol groups is 1. The van der Waals surface area contributed by atoms with Gasteiger partial charge in [-0.15, -0.1) is 12.6 Å². The molecular weight excluding hydrogens is 426 g/mol. The third kappa shape index (κ3) is 4.19. The van der Waals surface area contributed by atoms with Crippen molar-refractivity contribution < 1.29 is 14.5 Å². The minimum absolute atomic E-state index is 0.0497. The molecule has 30 heavy (non-hydrogen) atoms. The molecule has 0 radical (unpaired) electrons. The number of nitrogens with zero attached hydrogens (tertiary/aromatic N) is 3. The van der Waals surface area contributed by atoms with Crippen molar-refractivity contribution in [2.45, 2.75) is 11.8 Å². The van der Waals surface area contributed by atoms with Crippen molar-refractivity contribution in [3.05, 3.63) is 80.6 Å². The number of hydrogen-bond acceptors (Lipinski definition) is 7. The third-order valence-corrected chi connectivity index (χ3v) is 5.01. The number of carbonyl (C=O) groups is 1. The lowest BCUT2D eigenvalue weighted by atomic mass is 9.93. The Balaban J connectivity index is 2.37. The van der Waals surface area contributed by atoms with Crippen LogP contribution in [0.4, 0.5) is 11.4 Å². The first-order valence-electron chi connectivity index (χ1n) is 8.69. The quantitative estimate of drug-likeness (QED) is 0.142. The maximum absolute atomic E-state index is 12.6. The zero-order valence-corrected chi connectivity index (χ0v) is 17.6. The Morgan fingerprint density at radius 3 is 2.57 bits per heavy atom. The molecule has 0 N–H and O–H groups in total. The van der Waals surface area contributed by atoms with Crippen LogP contribution in [-0.2, 0) is 4.74 Å². The van der Waals surface area contributed by atoms with Gasteiger partial charge in [-0.05, 0) is 25.1 Å². The van der Waals surface area contributed by atoms with Gasteiger partial charge in [-0.3, -0.25) is 15.1 Å². The van der Waals surface area contributed by atoms with Crippen molar-refractivity contribution in [2.24, 2.45) is 4.99 Å². The SMILES string of the molecule is COC(=O)c1c(C)nc(Cl)c(C=Nc2ccccc2S)c1-c1ccccc1[N+](=O)[O-]. The lowest BCUT2D eigenvalue weighted by Gasteiger charge is -2.15. The molecule has 0 bridgehead atoms. The standard InChI is InChI=1S/C21H16ClN3O4S/c1-12-18(21(26)29-2)19(13-7-3-5-9-16(13)25(27)28)14(20(22)24-12)11-23-15-8-4-6-10-17(15)30/h3-11,30H,1-2H3. The van der Waals surface area contributed by atoms with Gasteiger partial charge in [-0.2, -0.15) is 0 Å². The lowest BCUT2D eigenvalue weighted by Crippen LogP contribution is -2.11. The second-order valence-electron chi connectivity index (χ2n) is 6.16. The molecule has 3 rings (SSSR count). The molecule has 0 amide bonds. The van der Waals surface area contributed by atoms with Crippen LogP contribution in [0.5, 0.6) is 0 Å². The molecule has 152 valence electrons. The summed E-state index contributed by atoms with van der Waals surface area (Å²) in [7, 11) is 1.23. The zero-order chi connectivity index (χ0) is 21.8. The van der Waals surface area contributed by atoms with E-state index in [-0.39, 0.29) is 38.8 Å². The largest absolute Gasteiger partial charge is 0.465 e. The Bertz CT molecular complexity index is 1180. The number of esters is 1. The second-order valence-corrected chi connectivity index (χ2v) is 7.00. The molecule has 0 unspecified atom stereocenters. The predicted octanol–water partition coefficient (Wildman–Crippen LogP) is 5.44. The van der Waals surface area contributed by atoms with E-state index < -0.39 is 10.9 Å². The summed E-state index contributed by atoms with van der Waals surface area (Å²) in [4.78, 5) is 33.0. The number of hydrogen-bond donors (Lipinski definition) is 1. The Labute approximate surface area is 183 Å². The summed E-state index contributed by atoms with van der Waals surface area (Å²) in [6, 6.07) is 13.2. The number of pyridine rings is 1. The van der Waals surface area contributed by atoms with E-state index >= 15 is 0 Å². The van der Waals surface area contributed by atoms with Crippen LogP contribution in [0.1, 0.15) is 21.6 Å². The third-order valence-electron chi connectivity index (χ3n) is 4.34. The Morgan fingerprint density at radius 2 is 1.90 bits per heavy atom. The number of rotatable bonds is 5. The molecule has 0 spiro atoms. The van der Waals surface area contributed by atoms with E-state index in [0.29, 0.717) is 10.6 Å². The summed E-state index contributed by atoms with van der Waals surface area (Å²) in [5.74, 6) is -0.686. The van der Waals surface area contributed by atoms with E-state index in [9.17, 15) is 14.9 Å². The fourth-order valence-electron chi connectivity index (χ4n) is 2.98. The van der Waals surface area contributed by atoms with Gasteiger partial charge in [0, 0.05) is 28.3 Å². The van der Waals surface area contributed by atoms with Crippen molar-refractivity contribution in [1.29, 1.82) is 0 Å². The van der Waals surface area contributed by atoms with Gasteiger partial charge in [0.15, 0.2) is 0 Å². The first-order chi connectivity index (χ1) is 14.3. The van der Waals surface area contributed by atoms with Crippen LogP contribution in [-0.4, -0.2) is 29.2 Å². The molecule has 3 aromatic rings. The Kier molecular flexibility index (Phi) is 6.49. The number of aromatic nitrogens is 1. The maximum atomic E-state index is 12.6. The summed E-state index contributed by atoms with van der Waals surface area (Å²) in [5, 5.41) is 11.7. The highest BCUT2D eigenvalue weighted by Gasteiger charge is 2.27. The van der Waals surface area contributed by atoms with E-state index in [1.165, 1.54) is 19.4 Å². The van der Waals surface area contributed by atoms with Crippen molar-refractivity contribution in [1.82, 2.24) is 4.98 Å². The average Bonchev–Trinajstić information content (AvgIpc) is 2.73. The van der Waals surface area contributed by atoms with Gasteiger partial charge >= 0.3 is 5.97 Å². The molecule has 0 saturated heterocycles. The molecule has 0 saturated carbocycles. The van der Waals surface area contributed by atoms with Crippen molar-refractivity contribution in [3.63, 3.8) is 0 Å². The number of aliphatic imine (C=N–C) groups is 1. The first-order valence-corrected chi connectivity index (χ1v) is 9.52. The number of halogens is 1. The van der Waals surface area contributed by atoms with Gasteiger partial charge in [0.1, 0.15) is 5.15 Å². The average molecular weight is 442 g/mol. The first kappa shape index (κ1) is 21.5. The summed E-state index contributed by atoms with van der Waals surface area (Å²) >= 11 is 10.8. The number of para-hydroxylation sites is 2. The van der Waals surface area contributed by atoms with Gasteiger partial charge in [0.2, 0.25) is 0 Å². The van der Waals surface area contributed by atoms with Gasteiger partial charge in [-0.1, -0.05) is 35.9 Å². The van der Waals surface area contributed by atoms with Crippen LogP contribution in [0.2, 0.25) is 5.15 Å². The Morgan fingerprint density at radius 1 is 1.23 bits per heavy atom. The number of aryl methyl sites for hydroxylation is 1. The number of carbonyl (C=O) groups excluding carboxylic acids is 1. The summed E-state index contributed by atoms with van der Waals surface area (Å²) < 4.78 is 4.91. The molecule has 0 aliphatic rings. The molecule has 0 aliphatic carbocycles. The van der Waals surface area contributed by atoms with Crippen molar-refractivity contribution in [2.75, 3.05) is 7.11 Å². The van der Waals surface area contributed by atoms with E-state index in [1.807, 2.05) is 6.07 Å². The number of benzene rings is 2. The van der Waals surface area contributed by atoms with Crippen LogP contribution in [0, 0.1) is 17.0 Å².